The van der Waals surface area contributed by atoms with Crippen molar-refractivity contribution in [3.05, 3.63) is 46.2 Å². The maximum Gasteiger partial charge on any atom is 0.337 e. The molecule has 21 heavy (non-hydrogen) atoms. The van der Waals surface area contributed by atoms with E-state index >= 15 is 0 Å². The third kappa shape index (κ3) is 3.85. The molecule has 7 heteroatoms. The zero-order valence-electron chi connectivity index (χ0n) is 11.5. The van der Waals surface area contributed by atoms with Gasteiger partial charge in [-0.05, 0) is 19.1 Å². The van der Waals surface area contributed by atoms with Crippen LogP contribution in [0.15, 0.2) is 29.9 Å². The van der Waals surface area contributed by atoms with Crippen molar-refractivity contribution in [1.29, 1.82) is 0 Å². The summed E-state index contributed by atoms with van der Waals surface area (Å²) in [6.07, 6.45) is 3.64. The number of nitrogens with zero attached hydrogens (tertiary/aromatic N) is 3. The number of aromatic nitrogens is 2. The number of rotatable bonds is 6. The number of carboxylic acid groups (broad SMARTS) is 1. The maximum atomic E-state index is 12.3. The van der Waals surface area contributed by atoms with Crippen molar-refractivity contribution in [2.75, 3.05) is 13.1 Å². The average molecular weight is 305 g/mol. The summed E-state index contributed by atoms with van der Waals surface area (Å²) in [6, 6.07) is 2.83. The molecule has 0 spiro atoms. The van der Waals surface area contributed by atoms with Crippen LogP contribution in [0.4, 0.5) is 0 Å². The van der Waals surface area contributed by atoms with Crippen LogP contribution < -0.4 is 0 Å². The van der Waals surface area contributed by atoms with Gasteiger partial charge in [0.1, 0.15) is 5.69 Å². The van der Waals surface area contributed by atoms with Gasteiger partial charge in [-0.25, -0.2) is 9.78 Å². The molecule has 2 rings (SSSR count). The van der Waals surface area contributed by atoms with E-state index < -0.39 is 5.97 Å². The van der Waals surface area contributed by atoms with E-state index in [-0.39, 0.29) is 17.2 Å². The molecular formula is C14H15N3O3S. The van der Waals surface area contributed by atoms with Crippen LogP contribution in [-0.4, -0.2) is 44.9 Å². The van der Waals surface area contributed by atoms with Gasteiger partial charge >= 0.3 is 5.97 Å². The molecule has 0 radical (unpaired) electrons. The van der Waals surface area contributed by atoms with E-state index in [1.54, 1.807) is 22.4 Å². The summed E-state index contributed by atoms with van der Waals surface area (Å²) in [4.78, 5) is 32.9. The Morgan fingerprint density at radius 2 is 2.14 bits per heavy atom. The molecule has 0 aliphatic rings. The summed E-state index contributed by atoms with van der Waals surface area (Å²) < 4.78 is 0. The topological polar surface area (TPSA) is 83.4 Å². The first kappa shape index (κ1) is 15.1. The maximum absolute atomic E-state index is 12.3. The first-order valence-corrected chi connectivity index (χ1v) is 7.36. The molecular weight excluding hydrogens is 290 g/mol. The van der Waals surface area contributed by atoms with Crippen LogP contribution in [0.2, 0.25) is 0 Å². The largest absolute Gasteiger partial charge is 0.478 e. The second kappa shape index (κ2) is 6.94. The van der Waals surface area contributed by atoms with Gasteiger partial charge in [0.2, 0.25) is 0 Å². The van der Waals surface area contributed by atoms with Gasteiger partial charge in [-0.1, -0.05) is 0 Å². The standard InChI is InChI=1S/C14H15N3O3S/c1-2-17(7-5-12-15-6-8-21-12)13(18)11-4-3-10(9-16-11)14(19)20/h3-4,6,8-9H,2,5,7H2,1H3,(H,19,20). The van der Waals surface area contributed by atoms with E-state index in [4.69, 9.17) is 5.11 Å². The quantitative estimate of drug-likeness (QED) is 0.881. The molecule has 0 unspecified atom stereocenters. The van der Waals surface area contributed by atoms with E-state index in [0.29, 0.717) is 19.5 Å². The molecule has 0 saturated carbocycles. The molecule has 2 heterocycles. The van der Waals surface area contributed by atoms with Crippen molar-refractivity contribution in [2.24, 2.45) is 0 Å². The lowest BCUT2D eigenvalue weighted by molar-refractivity contribution is 0.0693. The number of aromatic carboxylic acids is 1. The second-order valence-corrected chi connectivity index (χ2v) is 5.28. The van der Waals surface area contributed by atoms with Gasteiger partial charge in [0.25, 0.3) is 5.91 Å². The molecule has 0 aliphatic carbocycles. The number of amides is 1. The number of pyridine rings is 1. The van der Waals surface area contributed by atoms with E-state index in [1.165, 1.54) is 18.3 Å². The average Bonchev–Trinajstić information content (AvgIpc) is 3.01. The van der Waals surface area contributed by atoms with E-state index in [0.717, 1.165) is 5.01 Å². The van der Waals surface area contributed by atoms with Crippen LogP contribution in [0.1, 0.15) is 32.8 Å². The number of carbonyl (C=O) groups excluding carboxylic acids is 1. The van der Waals surface area contributed by atoms with Gasteiger partial charge in [-0.3, -0.25) is 9.78 Å². The number of thiazole rings is 1. The van der Waals surface area contributed by atoms with Crippen molar-refractivity contribution in [1.82, 2.24) is 14.9 Å². The van der Waals surface area contributed by atoms with E-state index in [9.17, 15) is 9.59 Å². The molecule has 0 atom stereocenters. The molecule has 2 aromatic rings. The minimum atomic E-state index is -1.06. The number of carboxylic acids is 1. The summed E-state index contributed by atoms with van der Waals surface area (Å²) in [5.74, 6) is -1.26. The van der Waals surface area contributed by atoms with Crippen LogP contribution in [0.5, 0.6) is 0 Å². The summed E-state index contributed by atoms with van der Waals surface area (Å²) >= 11 is 1.56. The third-order valence-corrected chi connectivity index (χ3v) is 3.82. The van der Waals surface area contributed by atoms with Gasteiger partial charge in [0.15, 0.2) is 0 Å². The SMILES string of the molecule is CCN(CCc1nccs1)C(=O)c1ccc(C(=O)O)cn1. The highest BCUT2D eigenvalue weighted by Gasteiger charge is 2.16. The highest BCUT2D eigenvalue weighted by Crippen LogP contribution is 2.08. The predicted molar refractivity (Wildman–Crippen MR) is 78.6 cm³/mol. The van der Waals surface area contributed by atoms with Crippen LogP contribution in [0.3, 0.4) is 0 Å². The van der Waals surface area contributed by atoms with Crippen molar-refractivity contribution in [3.63, 3.8) is 0 Å². The highest BCUT2D eigenvalue weighted by atomic mass is 32.1. The van der Waals surface area contributed by atoms with E-state index in [2.05, 4.69) is 9.97 Å². The molecule has 0 aromatic carbocycles. The molecule has 0 fully saturated rings. The highest BCUT2D eigenvalue weighted by molar-refractivity contribution is 7.09. The van der Waals surface area contributed by atoms with Gasteiger partial charge in [0, 0.05) is 37.3 Å². The molecule has 1 amide bonds. The zero-order valence-corrected chi connectivity index (χ0v) is 12.3. The first-order valence-electron chi connectivity index (χ1n) is 6.48. The second-order valence-electron chi connectivity index (χ2n) is 4.30. The van der Waals surface area contributed by atoms with Crippen molar-refractivity contribution in [2.45, 2.75) is 13.3 Å². The van der Waals surface area contributed by atoms with Crippen LogP contribution in [-0.2, 0) is 6.42 Å². The minimum Gasteiger partial charge on any atom is -0.478 e. The lowest BCUT2D eigenvalue weighted by Crippen LogP contribution is -2.33. The fourth-order valence-electron chi connectivity index (χ4n) is 1.82. The van der Waals surface area contributed by atoms with Gasteiger partial charge in [0.05, 0.1) is 10.6 Å². The minimum absolute atomic E-state index is 0.0670. The zero-order chi connectivity index (χ0) is 15.2. The summed E-state index contributed by atoms with van der Waals surface area (Å²) in [5, 5.41) is 11.7. The summed E-state index contributed by atoms with van der Waals surface area (Å²) in [7, 11) is 0. The Balaban J connectivity index is 2.03. The molecule has 0 saturated heterocycles. The fraction of sp³-hybridized carbons (Fsp3) is 0.286. The smallest absolute Gasteiger partial charge is 0.337 e. The Bertz CT molecular complexity index is 611. The van der Waals surface area contributed by atoms with Crippen LogP contribution in [0.25, 0.3) is 0 Å². The summed E-state index contributed by atoms with van der Waals surface area (Å²) in [6.45, 7) is 3.02. The van der Waals surface area contributed by atoms with Crippen molar-refractivity contribution in [3.8, 4) is 0 Å². The fourth-order valence-corrected chi connectivity index (χ4v) is 2.43. The normalized spacial score (nSPS) is 10.3. The first-order chi connectivity index (χ1) is 10.1. The van der Waals surface area contributed by atoms with Crippen molar-refractivity contribution >= 4 is 23.2 Å². The van der Waals surface area contributed by atoms with Crippen LogP contribution >= 0.6 is 11.3 Å². The molecule has 2 aromatic heterocycles. The lowest BCUT2D eigenvalue weighted by atomic mass is 10.2. The van der Waals surface area contributed by atoms with Crippen molar-refractivity contribution < 1.29 is 14.7 Å². The molecule has 0 bridgehead atoms. The molecule has 1 N–H and O–H groups in total. The number of hydrogen-bond donors (Lipinski definition) is 1. The number of carbonyl (C=O) groups is 2. The number of likely N-dealkylation sites (N-methyl/N-ethyl adjacent to an activating group) is 1. The Morgan fingerprint density at radius 3 is 2.67 bits per heavy atom. The molecule has 0 aliphatic heterocycles. The van der Waals surface area contributed by atoms with Gasteiger partial charge in [-0.15, -0.1) is 11.3 Å². The Hall–Kier alpha value is -2.28. The summed E-state index contributed by atoms with van der Waals surface area (Å²) in [5.41, 5.74) is 0.318. The van der Waals surface area contributed by atoms with Crippen LogP contribution in [0, 0.1) is 0 Å². The molecule has 110 valence electrons. The molecule has 6 nitrogen and oxygen atoms in total. The Labute approximate surface area is 126 Å². The monoisotopic (exact) mass is 305 g/mol. The Kier molecular flexibility index (Phi) is 4.99. The Morgan fingerprint density at radius 1 is 1.33 bits per heavy atom. The van der Waals surface area contributed by atoms with Gasteiger partial charge in [-0.2, -0.15) is 0 Å². The third-order valence-electron chi connectivity index (χ3n) is 2.98. The lowest BCUT2D eigenvalue weighted by Gasteiger charge is -2.19. The predicted octanol–water partition coefficient (Wildman–Crippen LogP) is 1.94. The van der Waals surface area contributed by atoms with E-state index in [1.807, 2.05) is 12.3 Å². The number of hydrogen-bond acceptors (Lipinski definition) is 5. The van der Waals surface area contributed by atoms with Gasteiger partial charge < -0.3 is 10.0 Å².